The van der Waals surface area contributed by atoms with Crippen LogP contribution in [0, 0.1) is 11.3 Å². The van der Waals surface area contributed by atoms with Crippen LogP contribution in [0.5, 0.6) is 0 Å². The molecule has 160 valence electrons. The van der Waals surface area contributed by atoms with Crippen molar-refractivity contribution in [3.63, 3.8) is 0 Å². The minimum Gasteiger partial charge on any atom is -0.336 e. The summed E-state index contributed by atoms with van der Waals surface area (Å²) >= 11 is 0. The van der Waals surface area contributed by atoms with Crippen LogP contribution in [0.1, 0.15) is 74.3 Å². The standard InChI is InChI=1S/C24H33N5O/c1-18(2)22-15-21(26-29(22)24(3,4)5)23(30)28-12-6-11-27(13-14-28)17-20-9-7-19(16-25)8-10-20/h7-10,15,18H,6,11-14,17H2,1-5H3. The van der Waals surface area contributed by atoms with E-state index in [1.54, 1.807) is 0 Å². The zero-order valence-corrected chi connectivity index (χ0v) is 18.9. The van der Waals surface area contributed by atoms with Crippen molar-refractivity contribution in [3.8, 4) is 6.07 Å². The lowest BCUT2D eigenvalue weighted by atomic mass is 10.1. The Hall–Kier alpha value is -2.65. The molecule has 1 aliphatic rings. The smallest absolute Gasteiger partial charge is 0.274 e. The highest BCUT2D eigenvalue weighted by atomic mass is 16.2. The molecule has 1 amide bonds. The molecule has 1 aliphatic heterocycles. The van der Waals surface area contributed by atoms with Gasteiger partial charge in [-0.05, 0) is 56.9 Å². The lowest BCUT2D eigenvalue weighted by Crippen LogP contribution is -2.35. The zero-order valence-electron chi connectivity index (χ0n) is 18.9. The van der Waals surface area contributed by atoms with Gasteiger partial charge in [-0.3, -0.25) is 14.4 Å². The number of hydrogen-bond acceptors (Lipinski definition) is 4. The average Bonchev–Trinajstić information content (AvgIpc) is 3.05. The van der Waals surface area contributed by atoms with E-state index >= 15 is 0 Å². The third-order valence-corrected chi connectivity index (χ3v) is 5.55. The van der Waals surface area contributed by atoms with Crippen LogP contribution in [0.4, 0.5) is 0 Å². The van der Waals surface area contributed by atoms with Gasteiger partial charge >= 0.3 is 0 Å². The third kappa shape index (κ3) is 5.09. The summed E-state index contributed by atoms with van der Waals surface area (Å²) in [6, 6.07) is 11.9. The topological polar surface area (TPSA) is 65.2 Å². The van der Waals surface area contributed by atoms with Crippen LogP contribution in [-0.2, 0) is 12.1 Å². The molecule has 0 aliphatic carbocycles. The van der Waals surface area contributed by atoms with Gasteiger partial charge in [-0.2, -0.15) is 10.4 Å². The van der Waals surface area contributed by atoms with E-state index in [4.69, 9.17) is 10.4 Å². The van der Waals surface area contributed by atoms with Gasteiger partial charge < -0.3 is 4.90 Å². The molecule has 2 heterocycles. The molecule has 0 unspecified atom stereocenters. The number of nitrogens with zero attached hydrogens (tertiary/aromatic N) is 5. The van der Waals surface area contributed by atoms with Crippen LogP contribution in [0.15, 0.2) is 30.3 Å². The summed E-state index contributed by atoms with van der Waals surface area (Å²) in [4.78, 5) is 17.5. The van der Waals surface area contributed by atoms with Gasteiger partial charge in [0.2, 0.25) is 0 Å². The van der Waals surface area contributed by atoms with E-state index in [0.717, 1.165) is 38.3 Å². The molecular weight excluding hydrogens is 374 g/mol. The number of carbonyl (C=O) groups is 1. The third-order valence-electron chi connectivity index (χ3n) is 5.55. The second-order valence-corrected chi connectivity index (χ2v) is 9.42. The Morgan fingerprint density at radius 3 is 2.40 bits per heavy atom. The van der Waals surface area contributed by atoms with E-state index in [9.17, 15) is 4.79 Å². The highest BCUT2D eigenvalue weighted by Crippen LogP contribution is 2.24. The fourth-order valence-electron chi connectivity index (χ4n) is 3.89. The van der Waals surface area contributed by atoms with Gasteiger partial charge in [0.1, 0.15) is 0 Å². The van der Waals surface area contributed by atoms with Crippen molar-refractivity contribution in [1.29, 1.82) is 5.26 Å². The summed E-state index contributed by atoms with van der Waals surface area (Å²) in [7, 11) is 0. The molecule has 3 rings (SSSR count). The minimum absolute atomic E-state index is 0.0279. The molecule has 6 heteroatoms. The molecule has 0 radical (unpaired) electrons. The summed E-state index contributed by atoms with van der Waals surface area (Å²) in [5.41, 5.74) is 3.37. The molecule has 0 bridgehead atoms. The molecule has 0 spiro atoms. The van der Waals surface area contributed by atoms with Crippen LogP contribution in [0.25, 0.3) is 0 Å². The van der Waals surface area contributed by atoms with E-state index in [-0.39, 0.29) is 11.4 Å². The molecular formula is C24H33N5O. The Bertz CT molecular complexity index is 915. The first-order valence-electron chi connectivity index (χ1n) is 10.8. The highest BCUT2D eigenvalue weighted by Gasteiger charge is 2.27. The lowest BCUT2D eigenvalue weighted by Gasteiger charge is -2.24. The highest BCUT2D eigenvalue weighted by molar-refractivity contribution is 5.92. The predicted octanol–water partition coefficient (Wildman–Crippen LogP) is 3.98. The first-order valence-corrected chi connectivity index (χ1v) is 10.8. The van der Waals surface area contributed by atoms with Crippen LogP contribution in [0.3, 0.4) is 0 Å². The normalized spacial score (nSPS) is 15.8. The summed E-state index contributed by atoms with van der Waals surface area (Å²) < 4.78 is 2.00. The van der Waals surface area contributed by atoms with Crippen LogP contribution in [-0.4, -0.2) is 51.7 Å². The van der Waals surface area contributed by atoms with E-state index in [1.165, 1.54) is 5.56 Å². The molecule has 1 saturated heterocycles. The number of aromatic nitrogens is 2. The first-order chi connectivity index (χ1) is 14.2. The second-order valence-electron chi connectivity index (χ2n) is 9.42. The van der Waals surface area contributed by atoms with E-state index in [0.29, 0.717) is 23.7 Å². The Labute approximate surface area is 180 Å². The maximum Gasteiger partial charge on any atom is 0.274 e. The molecule has 2 aromatic rings. The summed E-state index contributed by atoms with van der Waals surface area (Å²) in [5.74, 6) is 0.338. The molecule has 30 heavy (non-hydrogen) atoms. The number of carbonyl (C=O) groups excluding carboxylic acids is 1. The Balaban J connectivity index is 1.67. The summed E-state index contributed by atoms with van der Waals surface area (Å²) in [6.07, 6.45) is 0.943. The largest absolute Gasteiger partial charge is 0.336 e. The van der Waals surface area contributed by atoms with Gasteiger partial charge in [0.15, 0.2) is 5.69 Å². The van der Waals surface area contributed by atoms with Gasteiger partial charge in [0.05, 0.1) is 17.2 Å². The second kappa shape index (κ2) is 9.01. The first kappa shape index (κ1) is 22.0. The maximum atomic E-state index is 13.2. The van der Waals surface area contributed by atoms with Gasteiger partial charge in [-0.15, -0.1) is 0 Å². The fourth-order valence-corrected chi connectivity index (χ4v) is 3.89. The van der Waals surface area contributed by atoms with Crippen LogP contribution >= 0.6 is 0 Å². The molecule has 0 N–H and O–H groups in total. The monoisotopic (exact) mass is 407 g/mol. The summed E-state index contributed by atoms with van der Waals surface area (Å²) in [6.45, 7) is 14.7. The van der Waals surface area contributed by atoms with Crippen molar-refractivity contribution < 1.29 is 4.79 Å². The van der Waals surface area contributed by atoms with Gasteiger partial charge in [-0.1, -0.05) is 26.0 Å². The molecule has 0 atom stereocenters. The van der Waals surface area contributed by atoms with Gasteiger partial charge in [0.25, 0.3) is 5.91 Å². The van der Waals surface area contributed by atoms with Crippen molar-refractivity contribution in [2.45, 2.75) is 59.0 Å². The zero-order chi connectivity index (χ0) is 21.9. The lowest BCUT2D eigenvalue weighted by molar-refractivity contribution is 0.0753. The fraction of sp³-hybridized carbons (Fsp3) is 0.542. The van der Waals surface area contributed by atoms with Crippen molar-refractivity contribution in [3.05, 3.63) is 52.8 Å². The molecule has 1 aromatic heterocycles. The van der Waals surface area contributed by atoms with E-state index in [2.05, 4.69) is 45.6 Å². The predicted molar refractivity (Wildman–Crippen MR) is 118 cm³/mol. The molecule has 6 nitrogen and oxygen atoms in total. The number of hydrogen-bond donors (Lipinski definition) is 0. The van der Waals surface area contributed by atoms with Crippen molar-refractivity contribution in [2.24, 2.45) is 0 Å². The molecule has 1 fully saturated rings. The van der Waals surface area contributed by atoms with Crippen molar-refractivity contribution >= 4 is 5.91 Å². The number of nitriles is 1. The Kier molecular flexibility index (Phi) is 6.62. The average molecular weight is 408 g/mol. The maximum absolute atomic E-state index is 13.2. The van der Waals surface area contributed by atoms with Crippen LogP contribution < -0.4 is 0 Å². The minimum atomic E-state index is -0.158. The Morgan fingerprint density at radius 1 is 1.13 bits per heavy atom. The van der Waals surface area contributed by atoms with Crippen LogP contribution in [0.2, 0.25) is 0 Å². The number of rotatable bonds is 4. The van der Waals surface area contributed by atoms with Gasteiger partial charge in [-0.25, -0.2) is 0 Å². The summed E-state index contributed by atoms with van der Waals surface area (Å²) in [5, 5.41) is 13.6. The van der Waals surface area contributed by atoms with Gasteiger partial charge in [0, 0.05) is 38.4 Å². The number of benzene rings is 1. The van der Waals surface area contributed by atoms with E-state index in [1.807, 2.05) is 39.9 Å². The SMILES string of the molecule is CC(C)c1cc(C(=O)N2CCCN(Cc3ccc(C#N)cc3)CC2)nn1C(C)(C)C. The van der Waals surface area contributed by atoms with Crippen molar-refractivity contribution in [2.75, 3.05) is 26.2 Å². The molecule has 1 aromatic carbocycles. The van der Waals surface area contributed by atoms with Crippen molar-refractivity contribution in [1.82, 2.24) is 19.6 Å². The Morgan fingerprint density at radius 2 is 1.83 bits per heavy atom. The quantitative estimate of drug-likeness (QED) is 0.769. The van der Waals surface area contributed by atoms with E-state index < -0.39 is 0 Å². The number of amides is 1. The molecule has 0 saturated carbocycles.